The molecule has 3 heterocycles. The summed E-state index contributed by atoms with van der Waals surface area (Å²) in [5.74, 6) is -0.599. The molecule has 0 spiro atoms. The van der Waals surface area contributed by atoms with Crippen molar-refractivity contribution < 1.29 is 22.4 Å². The van der Waals surface area contributed by atoms with Crippen LogP contribution in [-0.4, -0.2) is 36.8 Å². The van der Waals surface area contributed by atoms with E-state index in [9.17, 15) is 22.4 Å². The Kier molecular flexibility index (Phi) is 5.61. The van der Waals surface area contributed by atoms with Crippen LogP contribution in [0.1, 0.15) is 52.5 Å². The molecule has 150 valence electrons. The van der Waals surface area contributed by atoms with Crippen LogP contribution < -0.4 is 5.32 Å². The summed E-state index contributed by atoms with van der Waals surface area (Å²) in [6.07, 6.45) is -5.46. The maximum absolute atomic E-state index is 13.2. The summed E-state index contributed by atoms with van der Waals surface area (Å²) in [6, 6.07) is 3.63. The molecule has 1 N–H and O–H groups in total. The van der Waals surface area contributed by atoms with Gasteiger partial charge in [0.1, 0.15) is 11.4 Å². The van der Waals surface area contributed by atoms with Crippen LogP contribution in [0.5, 0.6) is 0 Å². The van der Waals surface area contributed by atoms with Gasteiger partial charge in [-0.05, 0) is 32.4 Å². The number of nitrogens with one attached hydrogen (secondary N) is 1. The smallest absolute Gasteiger partial charge is 0.280 e. The maximum atomic E-state index is 13.2. The van der Waals surface area contributed by atoms with Crippen LogP contribution in [-0.2, 0) is 6.54 Å². The molecular formula is C17H18F4N6O. The minimum atomic E-state index is -3.04. The number of rotatable bonds is 7. The van der Waals surface area contributed by atoms with Crippen molar-refractivity contribution in [2.24, 2.45) is 0 Å². The molecule has 0 aliphatic rings. The van der Waals surface area contributed by atoms with Gasteiger partial charge in [-0.1, -0.05) is 0 Å². The zero-order chi connectivity index (χ0) is 20.4. The Labute approximate surface area is 157 Å². The number of aryl methyl sites for hydroxylation is 3. The van der Waals surface area contributed by atoms with Crippen molar-refractivity contribution in [2.45, 2.75) is 39.7 Å². The first-order valence-electron chi connectivity index (χ1n) is 8.52. The number of hydrogen-bond donors (Lipinski definition) is 1. The van der Waals surface area contributed by atoms with Gasteiger partial charge in [-0.15, -0.1) is 0 Å². The molecule has 0 radical (unpaired) electrons. The van der Waals surface area contributed by atoms with Gasteiger partial charge < -0.3 is 5.32 Å². The maximum Gasteiger partial charge on any atom is 0.280 e. The van der Waals surface area contributed by atoms with Gasteiger partial charge in [0.2, 0.25) is 0 Å². The van der Waals surface area contributed by atoms with Crippen LogP contribution in [0.3, 0.4) is 0 Å². The number of halogens is 4. The minimum Gasteiger partial charge on any atom is -0.351 e. The highest BCUT2D eigenvalue weighted by Crippen LogP contribution is 2.25. The highest BCUT2D eigenvalue weighted by atomic mass is 19.3. The first-order chi connectivity index (χ1) is 13.3. The van der Waals surface area contributed by atoms with E-state index in [-0.39, 0.29) is 11.3 Å². The fourth-order valence-electron chi connectivity index (χ4n) is 2.82. The molecule has 0 saturated heterocycles. The normalized spacial score (nSPS) is 11.7. The lowest BCUT2D eigenvalue weighted by molar-refractivity contribution is 0.0946. The highest BCUT2D eigenvalue weighted by Gasteiger charge is 2.21. The lowest BCUT2D eigenvalue weighted by Crippen LogP contribution is -2.26. The second-order valence-electron chi connectivity index (χ2n) is 6.27. The molecule has 0 unspecified atom stereocenters. The third kappa shape index (κ3) is 4.12. The summed E-state index contributed by atoms with van der Waals surface area (Å²) >= 11 is 0. The number of hydrogen-bond acceptors (Lipinski definition) is 4. The van der Waals surface area contributed by atoms with Crippen molar-refractivity contribution in [2.75, 3.05) is 6.54 Å². The number of carbonyl (C=O) groups excluding carboxylic acids is 1. The van der Waals surface area contributed by atoms with E-state index in [1.54, 1.807) is 0 Å². The standard InChI is InChI=1S/C17H18F4N6O/c1-9-6-10(2)26(24-9)5-3-4-22-17(28)12-8-14-23-11(15(18)19)7-13(16(20)21)27(14)25-12/h6-8,15-16H,3-5H2,1-2H3,(H,22,28). The van der Waals surface area contributed by atoms with Crippen molar-refractivity contribution in [1.82, 2.24) is 29.7 Å². The van der Waals surface area contributed by atoms with Crippen LogP contribution in [0.2, 0.25) is 0 Å². The minimum absolute atomic E-state index is 0.174. The zero-order valence-electron chi connectivity index (χ0n) is 15.2. The Balaban J connectivity index is 1.69. The number of carbonyl (C=O) groups is 1. The Morgan fingerprint density at radius 2 is 1.86 bits per heavy atom. The summed E-state index contributed by atoms with van der Waals surface area (Å²) < 4.78 is 54.5. The SMILES string of the molecule is Cc1cc(C)n(CCCNC(=O)c2cc3nc(C(F)F)cc(C(F)F)n3n2)n1. The van der Waals surface area contributed by atoms with Crippen molar-refractivity contribution in [3.05, 3.63) is 46.7 Å². The zero-order valence-corrected chi connectivity index (χ0v) is 15.2. The van der Waals surface area contributed by atoms with Crippen LogP contribution in [0.15, 0.2) is 18.2 Å². The Bertz CT molecular complexity index is 997. The third-order valence-electron chi connectivity index (χ3n) is 4.09. The van der Waals surface area contributed by atoms with Crippen LogP contribution >= 0.6 is 0 Å². The summed E-state index contributed by atoms with van der Waals surface area (Å²) in [5, 5.41) is 10.7. The molecule has 1 amide bonds. The van der Waals surface area contributed by atoms with Gasteiger partial charge in [-0.3, -0.25) is 9.48 Å². The molecule has 11 heteroatoms. The number of nitrogens with zero attached hydrogens (tertiary/aromatic N) is 5. The molecule has 3 rings (SSSR count). The van der Waals surface area contributed by atoms with Crippen molar-refractivity contribution in [3.63, 3.8) is 0 Å². The first kappa shape index (κ1) is 19.8. The van der Waals surface area contributed by atoms with Gasteiger partial charge in [0, 0.05) is 24.8 Å². The van der Waals surface area contributed by atoms with E-state index in [0.717, 1.165) is 17.5 Å². The largest absolute Gasteiger partial charge is 0.351 e. The van der Waals surface area contributed by atoms with Crippen molar-refractivity contribution >= 4 is 11.6 Å². The van der Waals surface area contributed by atoms with Gasteiger partial charge in [-0.2, -0.15) is 10.2 Å². The van der Waals surface area contributed by atoms with E-state index < -0.39 is 30.1 Å². The average molecular weight is 398 g/mol. The Morgan fingerprint density at radius 3 is 2.46 bits per heavy atom. The molecule has 0 aromatic carbocycles. The quantitative estimate of drug-likeness (QED) is 0.490. The first-order valence-corrected chi connectivity index (χ1v) is 8.52. The summed E-state index contributed by atoms with van der Waals surface area (Å²) in [5.41, 5.74) is -0.0439. The molecule has 0 fully saturated rings. The number of fused-ring (bicyclic) bond motifs is 1. The van der Waals surface area contributed by atoms with E-state index in [1.165, 1.54) is 0 Å². The van der Waals surface area contributed by atoms with E-state index >= 15 is 0 Å². The fourth-order valence-corrected chi connectivity index (χ4v) is 2.82. The highest BCUT2D eigenvalue weighted by molar-refractivity contribution is 5.93. The monoisotopic (exact) mass is 398 g/mol. The Hall–Kier alpha value is -2.98. The van der Waals surface area contributed by atoms with Gasteiger partial charge in [-0.25, -0.2) is 27.1 Å². The molecule has 0 aliphatic heterocycles. The van der Waals surface area contributed by atoms with Gasteiger partial charge in [0.25, 0.3) is 18.8 Å². The lowest BCUT2D eigenvalue weighted by Gasteiger charge is -2.06. The summed E-state index contributed by atoms with van der Waals surface area (Å²) in [6.45, 7) is 4.72. The molecule has 0 bridgehead atoms. The Morgan fingerprint density at radius 1 is 1.11 bits per heavy atom. The lowest BCUT2D eigenvalue weighted by atomic mass is 10.3. The summed E-state index contributed by atoms with van der Waals surface area (Å²) in [4.78, 5) is 15.8. The molecule has 3 aromatic rings. The molecule has 28 heavy (non-hydrogen) atoms. The average Bonchev–Trinajstić information content (AvgIpc) is 3.19. The predicted octanol–water partition coefficient (Wildman–Crippen LogP) is 3.24. The topological polar surface area (TPSA) is 77.1 Å². The molecule has 7 nitrogen and oxygen atoms in total. The van der Waals surface area contributed by atoms with E-state index in [2.05, 4.69) is 20.5 Å². The van der Waals surface area contributed by atoms with E-state index in [1.807, 2.05) is 24.6 Å². The fraction of sp³-hybridized carbons (Fsp3) is 0.412. The number of aromatic nitrogens is 5. The summed E-state index contributed by atoms with van der Waals surface area (Å²) in [7, 11) is 0. The van der Waals surface area contributed by atoms with Crippen LogP contribution in [0.4, 0.5) is 17.6 Å². The second kappa shape index (κ2) is 7.95. The molecule has 3 aromatic heterocycles. The number of alkyl halides is 4. The van der Waals surface area contributed by atoms with Gasteiger partial charge in [0.15, 0.2) is 11.3 Å². The number of amides is 1. The van der Waals surface area contributed by atoms with Gasteiger partial charge >= 0.3 is 0 Å². The van der Waals surface area contributed by atoms with Crippen LogP contribution in [0, 0.1) is 13.8 Å². The van der Waals surface area contributed by atoms with Crippen molar-refractivity contribution in [3.8, 4) is 0 Å². The molecule has 0 aliphatic carbocycles. The predicted molar refractivity (Wildman–Crippen MR) is 91.6 cm³/mol. The van der Waals surface area contributed by atoms with E-state index in [4.69, 9.17) is 0 Å². The van der Waals surface area contributed by atoms with Crippen molar-refractivity contribution in [1.29, 1.82) is 0 Å². The molecular weight excluding hydrogens is 380 g/mol. The van der Waals surface area contributed by atoms with Gasteiger partial charge in [0.05, 0.1) is 5.69 Å². The molecule has 0 saturated carbocycles. The van der Waals surface area contributed by atoms with E-state index in [0.29, 0.717) is 30.1 Å². The third-order valence-corrected chi connectivity index (χ3v) is 4.09. The molecule has 0 atom stereocenters. The second-order valence-corrected chi connectivity index (χ2v) is 6.27. The van der Waals surface area contributed by atoms with Crippen LogP contribution in [0.25, 0.3) is 5.65 Å².